The highest BCUT2D eigenvalue weighted by Gasteiger charge is 2.30. The third kappa shape index (κ3) is 5.24. The Hall–Kier alpha value is -1.53. The fourth-order valence-electron chi connectivity index (χ4n) is 3.57. The normalized spacial score (nSPS) is 18.8. The molecule has 142 valence electrons. The summed E-state index contributed by atoms with van der Waals surface area (Å²) in [5.41, 5.74) is 2.51. The fourth-order valence-corrected chi connectivity index (χ4v) is 4.44. The molecule has 1 aromatic carbocycles. The predicted octanol–water partition coefficient (Wildman–Crippen LogP) is 2.33. The van der Waals surface area contributed by atoms with Crippen LogP contribution in [0.3, 0.4) is 0 Å². The highest BCUT2D eigenvalue weighted by molar-refractivity contribution is 7.99. The molecule has 0 radical (unpaired) electrons. The largest absolute Gasteiger partial charge is 0.378 e. The van der Waals surface area contributed by atoms with E-state index < -0.39 is 0 Å². The number of hydrogen-bond donors (Lipinski definition) is 0. The van der Waals surface area contributed by atoms with E-state index >= 15 is 0 Å². The number of morpholine rings is 1. The van der Waals surface area contributed by atoms with Crippen molar-refractivity contribution < 1.29 is 14.3 Å². The number of nitrogens with zero attached hydrogens (tertiary/aromatic N) is 2. The number of benzene rings is 1. The number of carbonyl (C=O) groups excluding carboxylic acids is 2. The first-order chi connectivity index (χ1) is 12.6. The summed E-state index contributed by atoms with van der Waals surface area (Å²) in [5, 5.41) is 0. The molecule has 5 nitrogen and oxygen atoms in total. The van der Waals surface area contributed by atoms with Crippen LogP contribution in [0.1, 0.15) is 24.0 Å². The smallest absolute Gasteiger partial charge is 0.232 e. The van der Waals surface area contributed by atoms with Gasteiger partial charge in [0.25, 0.3) is 0 Å². The minimum Gasteiger partial charge on any atom is -0.378 e. The molecule has 0 N–H and O–H groups in total. The van der Waals surface area contributed by atoms with Crippen LogP contribution in [-0.2, 0) is 20.1 Å². The second-order valence-electron chi connectivity index (χ2n) is 7.07. The second-order valence-corrected chi connectivity index (χ2v) is 8.06. The molecule has 1 aromatic rings. The summed E-state index contributed by atoms with van der Waals surface area (Å²) in [5.74, 6) is 1.88. The first-order valence-electron chi connectivity index (χ1n) is 9.41. The number of hydrogen-bond acceptors (Lipinski definition) is 4. The third-order valence-electron chi connectivity index (χ3n) is 5.10. The van der Waals surface area contributed by atoms with E-state index in [1.807, 2.05) is 9.80 Å². The molecule has 0 atom stereocenters. The van der Waals surface area contributed by atoms with Crippen molar-refractivity contribution in [2.45, 2.75) is 25.5 Å². The third-order valence-corrected chi connectivity index (χ3v) is 6.08. The van der Waals surface area contributed by atoms with Gasteiger partial charge in [-0.25, -0.2) is 0 Å². The van der Waals surface area contributed by atoms with Gasteiger partial charge in [0.1, 0.15) is 0 Å². The Labute approximate surface area is 160 Å². The van der Waals surface area contributed by atoms with E-state index in [0.717, 1.165) is 18.6 Å². The van der Waals surface area contributed by atoms with Gasteiger partial charge in [-0.15, -0.1) is 11.8 Å². The Bertz CT molecular complexity index is 623. The van der Waals surface area contributed by atoms with Crippen molar-refractivity contribution in [3.05, 3.63) is 35.4 Å². The van der Waals surface area contributed by atoms with Crippen LogP contribution >= 0.6 is 11.8 Å². The minimum absolute atomic E-state index is 0.0668. The standard InChI is InChI=1S/C20H28N2O3S/c1-16-3-2-4-17(13-16)14-26-15-19(23)21-7-5-18(6-8-21)20(24)22-9-11-25-12-10-22/h2-4,13,18H,5-12,14-15H2,1H3. The number of piperidine rings is 1. The molecular formula is C20H28N2O3S. The Morgan fingerprint density at radius 1 is 1.12 bits per heavy atom. The Balaban J connectivity index is 1.38. The van der Waals surface area contributed by atoms with E-state index in [-0.39, 0.29) is 17.7 Å². The summed E-state index contributed by atoms with van der Waals surface area (Å²) in [4.78, 5) is 28.8. The molecular weight excluding hydrogens is 348 g/mol. The number of ether oxygens (including phenoxy) is 1. The zero-order valence-electron chi connectivity index (χ0n) is 15.5. The summed E-state index contributed by atoms with van der Waals surface area (Å²) in [6.07, 6.45) is 1.56. The maximum atomic E-state index is 12.5. The van der Waals surface area contributed by atoms with Crippen LogP contribution in [0.25, 0.3) is 0 Å². The molecule has 2 fully saturated rings. The molecule has 2 aliphatic heterocycles. The van der Waals surface area contributed by atoms with E-state index in [1.54, 1.807) is 11.8 Å². The molecule has 6 heteroatoms. The highest BCUT2D eigenvalue weighted by Crippen LogP contribution is 2.22. The lowest BCUT2D eigenvalue weighted by Crippen LogP contribution is -2.47. The summed E-state index contributed by atoms with van der Waals surface area (Å²) in [6, 6.07) is 8.42. The topological polar surface area (TPSA) is 49.9 Å². The predicted molar refractivity (Wildman–Crippen MR) is 104 cm³/mol. The molecule has 0 bridgehead atoms. The number of thioether (sulfide) groups is 1. The molecule has 0 unspecified atom stereocenters. The average Bonchev–Trinajstić information content (AvgIpc) is 2.68. The Morgan fingerprint density at radius 3 is 2.54 bits per heavy atom. The molecule has 2 saturated heterocycles. The van der Waals surface area contributed by atoms with Crippen LogP contribution in [0.15, 0.2) is 24.3 Å². The molecule has 2 aliphatic rings. The molecule has 0 spiro atoms. The molecule has 0 saturated carbocycles. The van der Waals surface area contributed by atoms with E-state index in [1.165, 1.54) is 11.1 Å². The van der Waals surface area contributed by atoms with E-state index in [0.29, 0.717) is 45.1 Å². The molecule has 0 aliphatic carbocycles. The van der Waals surface area contributed by atoms with Crippen molar-refractivity contribution in [3.63, 3.8) is 0 Å². The minimum atomic E-state index is 0.0668. The van der Waals surface area contributed by atoms with Gasteiger partial charge in [-0.2, -0.15) is 0 Å². The van der Waals surface area contributed by atoms with Crippen LogP contribution in [0.5, 0.6) is 0 Å². The number of carbonyl (C=O) groups is 2. The zero-order chi connectivity index (χ0) is 18.4. The lowest BCUT2D eigenvalue weighted by atomic mass is 9.95. The molecule has 3 rings (SSSR count). The molecule has 2 amide bonds. The van der Waals surface area contributed by atoms with Crippen LogP contribution in [0.4, 0.5) is 0 Å². The molecule has 0 aromatic heterocycles. The first kappa shape index (κ1) is 19.2. The Kier molecular flexibility index (Phi) is 6.97. The number of amides is 2. The van der Waals surface area contributed by atoms with Gasteiger partial charge in [-0.3, -0.25) is 9.59 Å². The van der Waals surface area contributed by atoms with Gasteiger partial charge in [0.2, 0.25) is 11.8 Å². The van der Waals surface area contributed by atoms with Gasteiger partial charge < -0.3 is 14.5 Å². The first-order valence-corrected chi connectivity index (χ1v) is 10.6. The van der Waals surface area contributed by atoms with Crippen LogP contribution < -0.4 is 0 Å². The van der Waals surface area contributed by atoms with Gasteiger partial charge in [0.05, 0.1) is 19.0 Å². The fraction of sp³-hybridized carbons (Fsp3) is 0.600. The lowest BCUT2D eigenvalue weighted by molar-refractivity contribution is -0.143. The SMILES string of the molecule is Cc1cccc(CSCC(=O)N2CCC(C(=O)N3CCOCC3)CC2)c1. The maximum absolute atomic E-state index is 12.5. The number of aryl methyl sites for hydroxylation is 1. The lowest BCUT2D eigenvalue weighted by Gasteiger charge is -2.35. The Morgan fingerprint density at radius 2 is 1.85 bits per heavy atom. The van der Waals surface area contributed by atoms with Gasteiger partial charge in [0.15, 0.2) is 0 Å². The monoisotopic (exact) mass is 376 g/mol. The van der Waals surface area contributed by atoms with Crippen molar-refractivity contribution in [1.82, 2.24) is 9.80 Å². The van der Waals surface area contributed by atoms with E-state index in [2.05, 4.69) is 31.2 Å². The van der Waals surface area contributed by atoms with Crippen LogP contribution in [0, 0.1) is 12.8 Å². The van der Waals surface area contributed by atoms with Crippen molar-refractivity contribution in [1.29, 1.82) is 0 Å². The van der Waals surface area contributed by atoms with Crippen molar-refractivity contribution in [3.8, 4) is 0 Å². The van der Waals surface area contributed by atoms with Gasteiger partial charge in [-0.05, 0) is 25.3 Å². The van der Waals surface area contributed by atoms with Crippen molar-refractivity contribution in [2.24, 2.45) is 5.92 Å². The van der Waals surface area contributed by atoms with Gasteiger partial charge in [-0.1, -0.05) is 29.8 Å². The number of rotatable bonds is 5. The van der Waals surface area contributed by atoms with Gasteiger partial charge in [0, 0.05) is 37.8 Å². The zero-order valence-corrected chi connectivity index (χ0v) is 16.3. The van der Waals surface area contributed by atoms with E-state index in [4.69, 9.17) is 4.74 Å². The summed E-state index contributed by atoms with van der Waals surface area (Å²) in [7, 11) is 0. The summed E-state index contributed by atoms with van der Waals surface area (Å²) < 4.78 is 5.31. The number of likely N-dealkylation sites (tertiary alicyclic amines) is 1. The maximum Gasteiger partial charge on any atom is 0.232 e. The summed E-state index contributed by atoms with van der Waals surface area (Å²) in [6.45, 7) is 6.17. The van der Waals surface area contributed by atoms with Crippen LogP contribution in [0.2, 0.25) is 0 Å². The van der Waals surface area contributed by atoms with Crippen molar-refractivity contribution in [2.75, 3.05) is 45.1 Å². The molecule has 26 heavy (non-hydrogen) atoms. The quantitative estimate of drug-likeness (QED) is 0.791. The molecule has 2 heterocycles. The van der Waals surface area contributed by atoms with E-state index in [9.17, 15) is 9.59 Å². The summed E-state index contributed by atoms with van der Waals surface area (Å²) >= 11 is 1.67. The van der Waals surface area contributed by atoms with Crippen LogP contribution in [-0.4, -0.2) is 66.8 Å². The second kappa shape index (κ2) is 9.42. The van der Waals surface area contributed by atoms with Gasteiger partial charge >= 0.3 is 0 Å². The van der Waals surface area contributed by atoms with Crippen molar-refractivity contribution >= 4 is 23.6 Å². The average molecular weight is 377 g/mol. The highest BCUT2D eigenvalue weighted by atomic mass is 32.2.